The number of para-hydroxylation sites is 1. The van der Waals surface area contributed by atoms with Crippen molar-refractivity contribution < 1.29 is 18.0 Å². The molecule has 2 heterocycles. The van der Waals surface area contributed by atoms with Crippen LogP contribution in [0.1, 0.15) is 34.7 Å². The number of ketones is 1. The molecule has 0 aromatic heterocycles. The average Bonchev–Trinajstić information content (AvgIpc) is 3.20. The smallest absolute Gasteiger partial charge is 0.264 e. The first-order valence-corrected chi connectivity index (χ1v) is 15.4. The van der Waals surface area contributed by atoms with Crippen molar-refractivity contribution in [2.45, 2.75) is 37.6 Å². The van der Waals surface area contributed by atoms with E-state index in [2.05, 4.69) is 18.2 Å². The second-order valence-corrected chi connectivity index (χ2v) is 13.0. The van der Waals surface area contributed by atoms with E-state index in [1.54, 1.807) is 41.3 Å². The number of aryl methyl sites for hydroxylation is 2. The topological polar surface area (TPSA) is 74.8 Å². The molecule has 2 atom stereocenters. The van der Waals surface area contributed by atoms with Gasteiger partial charge in [-0.1, -0.05) is 96.1 Å². The standard InChI is InChI=1S/C35H32N2O4S/c1-24-18-25(2)20-27(19-24)22-36-32-17-11-10-16-30(32)35(34(36)39)21-33(28-12-6-4-7-13-28)37(23-31(35)26(3)38)42(40,41)29-14-8-5-9-15-29/h4-21,31H,22-23H2,1-3H3/t31-,35+/m0/s1. The zero-order valence-electron chi connectivity index (χ0n) is 23.8. The Kier molecular flexibility index (Phi) is 6.86. The van der Waals surface area contributed by atoms with Crippen molar-refractivity contribution in [3.05, 3.63) is 137 Å². The summed E-state index contributed by atoms with van der Waals surface area (Å²) in [6.07, 6.45) is 1.74. The van der Waals surface area contributed by atoms with E-state index in [1.807, 2.05) is 68.4 Å². The lowest BCUT2D eigenvalue weighted by Crippen LogP contribution is -2.54. The lowest BCUT2D eigenvalue weighted by molar-refractivity contribution is -0.131. The maximum atomic E-state index is 14.8. The molecule has 4 aromatic carbocycles. The van der Waals surface area contributed by atoms with E-state index in [4.69, 9.17) is 0 Å². The number of carbonyl (C=O) groups excluding carboxylic acids is 2. The fourth-order valence-electron chi connectivity index (χ4n) is 6.51. The van der Waals surface area contributed by atoms with Gasteiger partial charge in [-0.25, -0.2) is 8.42 Å². The molecule has 0 radical (unpaired) electrons. The van der Waals surface area contributed by atoms with Crippen LogP contribution in [0, 0.1) is 19.8 Å². The number of sulfonamides is 1. The van der Waals surface area contributed by atoms with Gasteiger partial charge in [0.25, 0.3) is 10.0 Å². The second-order valence-electron chi connectivity index (χ2n) is 11.2. The predicted octanol–water partition coefficient (Wildman–Crippen LogP) is 6.04. The Hall–Kier alpha value is -4.49. The Labute approximate surface area is 247 Å². The van der Waals surface area contributed by atoms with Gasteiger partial charge in [0.2, 0.25) is 5.91 Å². The largest absolute Gasteiger partial charge is 0.307 e. The molecule has 6 nitrogen and oxygen atoms in total. The fraction of sp³-hybridized carbons (Fsp3) is 0.200. The molecule has 1 amide bonds. The van der Waals surface area contributed by atoms with E-state index in [-0.39, 0.29) is 23.1 Å². The monoisotopic (exact) mass is 576 g/mol. The van der Waals surface area contributed by atoms with E-state index in [9.17, 15) is 18.0 Å². The number of nitrogens with zero attached hydrogens (tertiary/aromatic N) is 2. The van der Waals surface area contributed by atoms with Gasteiger partial charge < -0.3 is 4.90 Å². The first-order chi connectivity index (χ1) is 20.1. The number of Topliss-reactive ketones (excluding diaryl/α,β-unsaturated/α-hetero) is 1. The normalized spacial score (nSPS) is 20.0. The molecule has 212 valence electrons. The number of benzene rings is 4. The number of carbonyl (C=O) groups is 2. The molecular formula is C35H32N2O4S. The SMILES string of the molecule is CC(=O)[C@@H]1CN(S(=O)(=O)c2ccccc2)C(c2ccccc2)=C[C@]12C(=O)N(Cc1cc(C)cc(C)c1)c1ccccc12. The number of rotatable bonds is 6. The Bertz CT molecular complexity index is 1810. The van der Waals surface area contributed by atoms with Gasteiger partial charge >= 0.3 is 0 Å². The minimum absolute atomic E-state index is 0.125. The lowest BCUT2D eigenvalue weighted by atomic mass is 9.67. The van der Waals surface area contributed by atoms with Crippen molar-refractivity contribution in [3.63, 3.8) is 0 Å². The molecule has 0 aliphatic carbocycles. The molecule has 0 unspecified atom stereocenters. The first kappa shape index (κ1) is 27.7. The van der Waals surface area contributed by atoms with Gasteiger partial charge in [-0.05, 0) is 61.7 Å². The van der Waals surface area contributed by atoms with Crippen molar-refractivity contribution in [2.24, 2.45) is 5.92 Å². The molecule has 2 aliphatic rings. The van der Waals surface area contributed by atoms with Crippen LogP contribution in [0.3, 0.4) is 0 Å². The molecule has 0 saturated heterocycles. The zero-order valence-corrected chi connectivity index (χ0v) is 24.6. The van der Waals surface area contributed by atoms with Crippen LogP contribution >= 0.6 is 0 Å². The summed E-state index contributed by atoms with van der Waals surface area (Å²) in [5.74, 6) is -1.40. The van der Waals surface area contributed by atoms with Crippen LogP contribution in [0.4, 0.5) is 5.69 Å². The third-order valence-corrected chi connectivity index (χ3v) is 10.1. The highest BCUT2D eigenvalue weighted by atomic mass is 32.2. The maximum absolute atomic E-state index is 14.8. The number of anilines is 1. The van der Waals surface area contributed by atoms with Crippen molar-refractivity contribution in [1.82, 2.24) is 4.31 Å². The fourth-order valence-corrected chi connectivity index (χ4v) is 8.03. The highest BCUT2D eigenvalue weighted by Gasteiger charge is 2.59. The molecule has 0 bridgehead atoms. The Balaban J connectivity index is 1.58. The summed E-state index contributed by atoms with van der Waals surface area (Å²) in [6.45, 7) is 5.68. The zero-order chi connectivity index (χ0) is 29.6. The molecule has 4 aromatic rings. The highest BCUT2D eigenvalue weighted by Crippen LogP contribution is 2.53. The van der Waals surface area contributed by atoms with Crippen LogP contribution in [0.5, 0.6) is 0 Å². The third-order valence-electron chi connectivity index (χ3n) is 8.28. The summed E-state index contributed by atoms with van der Waals surface area (Å²) < 4.78 is 29.5. The van der Waals surface area contributed by atoms with Crippen molar-refractivity contribution in [1.29, 1.82) is 0 Å². The van der Waals surface area contributed by atoms with Crippen LogP contribution in [0.25, 0.3) is 5.70 Å². The minimum atomic E-state index is -4.05. The molecular weight excluding hydrogens is 544 g/mol. The lowest BCUT2D eigenvalue weighted by Gasteiger charge is -2.43. The molecule has 1 spiro atoms. The molecule has 7 heteroatoms. The van der Waals surface area contributed by atoms with E-state index in [0.717, 1.165) is 22.4 Å². The van der Waals surface area contributed by atoms with Gasteiger partial charge in [0.1, 0.15) is 11.2 Å². The number of hydrogen-bond acceptors (Lipinski definition) is 4. The average molecular weight is 577 g/mol. The summed E-state index contributed by atoms with van der Waals surface area (Å²) in [7, 11) is -4.05. The second kappa shape index (κ2) is 10.4. The summed E-state index contributed by atoms with van der Waals surface area (Å²) in [4.78, 5) is 30.2. The van der Waals surface area contributed by atoms with E-state index < -0.39 is 21.4 Å². The first-order valence-electron chi connectivity index (χ1n) is 14.0. The van der Waals surface area contributed by atoms with E-state index in [1.165, 1.54) is 11.2 Å². The number of amides is 1. The molecule has 6 rings (SSSR count). The van der Waals surface area contributed by atoms with Crippen LogP contribution in [0.2, 0.25) is 0 Å². The van der Waals surface area contributed by atoms with Gasteiger partial charge in [-0.15, -0.1) is 0 Å². The van der Waals surface area contributed by atoms with Crippen LogP contribution in [0.15, 0.2) is 114 Å². The van der Waals surface area contributed by atoms with E-state index >= 15 is 0 Å². The third kappa shape index (κ3) is 4.45. The summed E-state index contributed by atoms with van der Waals surface area (Å²) in [6, 6.07) is 31.2. The van der Waals surface area contributed by atoms with Gasteiger partial charge in [0.15, 0.2) is 0 Å². The Morgan fingerprint density at radius 1 is 0.857 bits per heavy atom. The van der Waals surface area contributed by atoms with Crippen LogP contribution in [-0.2, 0) is 31.6 Å². The van der Waals surface area contributed by atoms with Crippen LogP contribution < -0.4 is 4.90 Å². The molecule has 42 heavy (non-hydrogen) atoms. The van der Waals surface area contributed by atoms with Gasteiger partial charge in [-0.2, -0.15) is 0 Å². The molecule has 2 aliphatic heterocycles. The van der Waals surface area contributed by atoms with Crippen molar-refractivity contribution >= 4 is 33.1 Å². The number of fused-ring (bicyclic) bond motifs is 2. The van der Waals surface area contributed by atoms with Gasteiger partial charge in [-0.3, -0.25) is 13.9 Å². The van der Waals surface area contributed by atoms with Crippen LogP contribution in [-0.4, -0.2) is 31.0 Å². The van der Waals surface area contributed by atoms with E-state index in [0.29, 0.717) is 23.4 Å². The molecule has 0 fully saturated rings. The Morgan fingerprint density at radius 2 is 1.45 bits per heavy atom. The predicted molar refractivity (Wildman–Crippen MR) is 164 cm³/mol. The van der Waals surface area contributed by atoms with Gasteiger partial charge in [0, 0.05) is 12.2 Å². The maximum Gasteiger partial charge on any atom is 0.264 e. The molecule has 0 N–H and O–H groups in total. The highest BCUT2D eigenvalue weighted by molar-refractivity contribution is 7.89. The molecule has 0 saturated carbocycles. The Morgan fingerprint density at radius 3 is 2.10 bits per heavy atom. The van der Waals surface area contributed by atoms with Crippen molar-refractivity contribution in [2.75, 3.05) is 11.4 Å². The van der Waals surface area contributed by atoms with Gasteiger partial charge in [0.05, 0.1) is 23.1 Å². The number of hydrogen-bond donors (Lipinski definition) is 0. The van der Waals surface area contributed by atoms with Crippen molar-refractivity contribution in [3.8, 4) is 0 Å². The quantitative estimate of drug-likeness (QED) is 0.281. The summed E-state index contributed by atoms with van der Waals surface area (Å²) in [5.41, 5.74) is 4.31. The minimum Gasteiger partial charge on any atom is -0.307 e. The summed E-state index contributed by atoms with van der Waals surface area (Å²) in [5, 5.41) is 0. The summed E-state index contributed by atoms with van der Waals surface area (Å²) >= 11 is 0.